The van der Waals surface area contributed by atoms with Crippen LogP contribution < -0.4 is 0 Å². The third kappa shape index (κ3) is 2.38. The Balaban J connectivity index is 2.20. The average molecular weight is 254 g/mol. The summed E-state index contributed by atoms with van der Waals surface area (Å²) in [5, 5.41) is 18.5. The number of hydrogen-bond donors (Lipinski definition) is 2. The molecule has 2 N–H and O–H groups in total. The van der Waals surface area contributed by atoms with Gasteiger partial charge in [-0.05, 0) is 49.4 Å². The Bertz CT molecular complexity index is 352. The van der Waals surface area contributed by atoms with E-state index in [1.54, 1.807) is 0 Å². The summed E-state index contributed by atoms with van der Waals surface area (Å²) in [7, 11) is 0. The molecular weight excluding hydrogens is 232 g/mol. The van der Waals surface area contributed by atoms with E-state index in [1.165, 1.54) is 0 Å². The highest BCUT2D eigenvalue weighted by Crippen LogP contribution is 2.50. The fraction of sp³-hybridized carbons (Fsp3) is 0.857. The highest BCUT2D eigenvalue weighted by atomic mass is 16.4. The van der Waals surface area contributed by atoms with Gasteiger partial charge in [0.15, 0.2) is 0 Å². The first-order chi connectivity index (χ1) is 8.40. The zero-order chi connectivity index (χ0) is 13.4. The summed E-state index contributed by atoms with van der Waals surface area (Å²) in [6.07, 6.45) is 3.04. The lowest BCUT2D eigenvalue weighted by atomic mass is 9.57. The minimum Gasteiger partial charge on any atom is -0.481 e. The highest BCUT2D eigenvalue weighted by Gasteiger charge is 2.47. The van der Waals surface area contributed by atoms with E-state index in [9.17, 15) is 19.8 Å². The van der Waals surface area contributed by atoms with Gasteiger partial charge in [-0.3, -0.25) is 9.59 Å². The van der Waals surface area contributed by atoms with Crippen LogP contribution >= 0.6 is 0 Å². The third-order valence-electron chi connectivity index (χ3n) is 4.94. The van der Waals surface area contributed by atoms with E-state index >= 15 is 0 Å². The smallest absolute Gasteiger partial charge is 0.306 e. The first-order valence-electron chi connectivity index (χ1n) is 6.85. The number of carboxylic acid groups (broad SMARTS) is 2. The molecule has 4 heteroatoms. The van der Waals surface area contributed by atoms with Crippen molar-refractivity contribution >= 4 is 11.9 Å². The molecule has 2 fully saturated rings. The Labute approximate surface area is 107 Å². The molecule has 0 saturated heterocycles. The van der Waals surface area contributed by atoms with Gasteiger partial charge in [-0.1, -0.05) is 13.8 Å². The minimum atomic E-state index is -0.717. The molecule has 6 unspecified atom stereocenters. The van der Waals surface area contributed by atoms with Gasteiger partial charge in [0.1, 0.15) is 0 Å². The lowest BCUT2D eigenvalue weighted by Gasteiger charge is -2.47. The largest absolute Gasteiger partial charge is 0.481 e. The molecule has 2 aliphatic rings. The minimum absolute atomic E-state index is 0.175. The maximum Gasteiger partial charge on any atom is 0.306 e. The highest BCUT2D eigenvalue weighted by molar-refractivity contribution is 5.72. The van der Waals surface area contributed by atoms with Gasteiger partial charge < -0.3 is 10.2 Å². The standard InChI is InChI=1S/C14H22O4/c1-7-3-9-6-10(13(15)16)5-8(2)12(9)11(4-7)14(17)18/h7-12H,3-6H2,1-2H3,(H,15,16)(H,17,18). The summed E-state index contributed by atoms with van der Waals surface area (Å²) < 4.78 is 0. The summed E-state index contributed by atoms with van der Waals surface area (Å²) in [6.45, 7) is 4.11. The number of rotatable bonds is 2. The number of fused-ring (bicyclic) bond motifs is 1. The summed E-state index contributed by atoms with van der Waals surface area (Å²) in [5.74, 6) is -0.911. The van der Waals surface area contributed by atoms with Crippen LogP contribution in [0.4, 0.5) is 0 Å². The lowest BCUT2D eigenvalue weighted by Crippen LogP contribution is -2.45. The molecule has 0 amide bonds. The van der Waals surface area contributed by atoms with Crippen LogP contribution in [-0.2, 0) is 9.59 Å². The molecule has 4 nitrogen and oxygen atoms in total. The quantitative estimate of drug-likeness (QED) is 0.794. The van der Waals surface area contributed by atoms with Gasteiger partial charge in [-0.25, -0.2) is 0 Å². The molecule has 0 aliphatic heterocycles. The fourth-order valence-electron chi connectivity index (χ4n) is 4.34. The summed E-state index contributed by atoms with van der Waals surface area (Å²) in [4.78, 5) is 22.6. The molecule has 0 radical (unpaired) electrons. The monoisotopic (exact) mass is 254 g/mol. The van der Waals surface area contributed by atoms with Gasteiger partial charge in [-0.2, -0.15) is 0 Å². The molecule has 0 spiro atoms. The number of carbonyl (C=O) groups is 2. The third-order valence-corrected chi connectivity index (χ3v) is 4.94. The van der Waals surface area contributed by atoms with Gasteiger partial charge in [0.05, 0.1) is 11.8 Å². The molecule has 2 saturated carbocycles. The van der Waals surface area contributed by atoms with Crippen LogP contribution in [-0.4, -0.2) is 22.2 Å². The molecule has 0 bridgehead atoms. The van der Waals surface area contributed by atoms with Gasteiger partial charge in [0.2, 0.25) is 0 Å². The van der Waals surface area contributed by atoms with Crippen molar-refractivity contribution in [1.82, 2.24) is 0 Å². The summed E-state index contributed by atoms with van der Waals surface area (Å²) >= 11 is 0. The normalized spacial score (nSPS) is 44.1. The van der Waals surface area contributed by atoms with Crippen LogP contribution in [0.1, 0.15) is 39.5 Å². The predicted molar refractivity (Wildman–Crippen MR) is 66.0 cm³/mol. The van der Waals surface area contributed by atoms with Crippen LogP contribution in [0.2, 0.25) is 0 Å². The van der Waals surface area contributed by atoms with E-state index < -0.39 is 11.9 Å². The summed E-state index contributed by atoms with van der Waals surface area (Å²) in [5.41, 5.74) is 0. The van der Waals surface area contributed by atoms with Crippen molar-refractivity contribution < 1.29 is 19.8 Å². The van der Waals surface area contributed by atoms with Crippen molar-refractivity contribution in [2.24, 2.45) is 35.5 Å². The van der Waals surface area contributed by atoms with Gasteiger partial charge in [0.25, 0.3) is 0 Å². The van der Waals surface area contributed by atoms with E-state index in [0.717, 1.165) is 12.8 Å². The molecule has 0 aromatic carbocycles. The number of carboxylic acids is 2. The van der Waals surface area contributed by atoms with Crippen LogP contribution in [0.3, 0.4) is 0 Å². The van der Waals surface area contributed by atoms with Crippen LogP contribution in [0.15, 0.2) is 0 Å². The molecule has 2 rings (SSSR count). The van der Waals surface area contributed by atoms with E-state index in [4.69, 9.17) is 0 Å². The van der Waals surface area contributed by atoms with Crippen molar-refractivity contribution in [3.05, 3.63) is 0 Å². The number of aliphatic carboxylic acids is 2. The first kappa shape index (κ1) is 13.4. The van der Waals surface area contributed by atoms with Crippen LogP contribution in [0, 0.1) is 35.5 Å². The fourth-order valence-corrected chi connectivity index (χ4v) is 4.34. The number of hydrogen-bond acceptors (Lipinski definition) is 2. The zero-order valence-electron chi connectivity index (χ0n) is 11.0. The summed E-state index contributed by atoms with van der Waals surface area (Å²) in [6, 6.07) is 0. The Morgan fingerprint density at radius 3 is 2.17 bits per heavy atom. The second-order valence-electron chi connectivity index (χ2n) is 6.34. The Morgan fingerprint density at radius 2 is 1.61 bits per heavy atom. The Kier molecular flexibility index (Phi) is 3.64. The second-order valence-corrected chi connectivity index (χ2v) is 6.34. The van der Waals surface area contributed by atoms with Crippen LogP contribution in [0.25, 0.3) is 0 Å². The van der Waals surface area contributed by atoms with E-state index in [0.29, 0.717) is 18.8 Å². The van der Waals surface area contributed by atoms with Gasteiger partial charge >= 0.3 is 11.9 Å². The first-order valence-corrected chi connectivity index (χ1v) is 6.85. The Hall–Kier alpha value is -1.06. The van der Waals surface area contributed by atoms with Crippen molar-refractivity contribution in [3.8, 4) is 0 Å². The van der Waals surface area contributed by atoms with Crippen molar-refractivity contribution in [1.29, 1.82) is 0 Å². The molecule has 6 atom stereocenters. The topological polar surface area (TPSA) is 74.6 Å². The lowest BCUT2D eigenvalue weighted by molar-refractivity contribution is -0.153. The van der Waals surface area contributed by atoms with E-state index in [-0.39, 0.29) is 29.6 Å². The molecule has 18 heavy (non-hydrogen) atoms. The molecule has 0 aromatic rings. The van der Waals surface area contributed by atoms with Crippen LogP contribution in [0.5, 0.6) is 0 Å². The predicted octanol–water partition coefficient (Wildman–Crippen LogP) is 2.48. The maximum atomic E-state index is 11.4. The molecule has 0 aromatic heterocycles. The van der Waals surface area contributed by atoms with E-state index in [1.807, 2.05) is 6.92 Å². The molecule has 102 valence electrons. The second kappa shape index (κ2) is 4.90. The van der Waals surface area contributed by atoms with Gasteiger partial charge in [-0.15, -0.1) is 0 Å². The van der Waals surface area contributed by atoms with Gasteiger partial charge in [0, 0.05) is 0 Å². The average Bonchev–Trinajstić information content (AvgIpc) is 2.26. The van der Waals surface area contributed by atoms with E-state index in [2.05, 4.69) is 6.92 Å². The molecular formula is C14H22O4. The zero-order valence-corrected chi connectivity index (χ0v) is 11.0. The maximum absolute atomic E-state index is 11.4. The van der Waals surface area contributed by atoms with Crippen molar-refractivity contribution in [2.45, 2.75) is 39.5 Å². The SMILES string of the molecule is CC1CC2CC(C(=O)O)CC(C)C2C(C(=O)O)C1. The van der Waals surface area contributed by atoms with Crippen molar-refractivity contribution in [2.75, 3.05) is 0 Å². The Morgan fingerprint density at radius 1 is 0.944 bits per heavy atom. The van der Waals surface area contributed by atoms with Crippen molar-refractivity contribution in [3.63, 3.8) is 0 Å². The molecule has 0 heterocycles. The molecule has 2 aliphatic carbocycles.